The van der Waals surface area contributed by atoms with Crippen molar-refractivity contribution in [2.75, 3.05) is 6.61 Å². The van der Waals surface area contributed by atoms with E-state index in [4.69, 9.17) is 9.88 Å². The normalized spacial score (nSPS) is 11.9. The lowest BCUT2D eigenvalue weighted by Crippen LogP contribution is -2.17. The number of nitrogens with two attached hydrogens (primary N) is 1. The number of rotatable bonds is 4. The zero-order chi connectivity index (χ0) is 13.3. The van der Waals surface area contributed by atoms with E-state index in [0.29, 0.717) is 30.2 Å². The molecule has 2 N–H and O–H groups in total. The Morgan fingerprint density at radius 3 is 2.67 bits per heavy atom. The molecule has 0 aromatic carbocycles. The first-order valence-electron chi connectivity index (χ1n) is 5.51. The van der Waals surface area contributed by atoms with Gasteiger partial charge in [-0.3, -0.25) is 0 Å². The number of imidazole rings is 1. The van der Waals surface area contributed by atoms with Crippen LogP contribution in [0.1, 0.15) is 19.5 Å². The molecule has 0 aliphatic heterocycles. The summed E-state index contributed by atoms with van der Waals surface area (Å²) in [4.78, 5) is 4.18. The second-order valence-electron chi connectivity index (χ2n) is 3.64. The number of ether oxygens (including phenoxy) is 1. The molecule has 0 aliphatic carbocycles. The minimum Gasteiger partial charge on any atom is -0.477 e. The summed E-state index contributed by atoms with van der Waals surface area (Å²) in [5.74, 6) is 0.329. The zero-order valence-electron chi connectivity index (χ0n) is 10.1. The molecule has 2 aromatic rings. The lowest BCUT2D eigenvalue weighted by atomic mass is 10.4. The van der Waals surface area contributed by atoms with Gasteiger partial charge in [-0.05, 0) is 19.4 Å². The van der Waals surface area contributed by atoms with Crippen LogP contribution in [0.2, 0.25) is 0 Å². The third kappa shape index (κ3) is 2.16. The van der Waals surface area contributed by atoms with Crippen LogP contribution in [0.4, 0.5) is 0 Å². The highest BCUT2D eigenvalue weighted by molar-refractivity contribution is 7.89. The van der Waals surface area contributed by atoms with Crippen LogP contribution in [0.3, 0.4) is 0 Å². The Kier molecular flexibility index (Phi) is 3.22. The van der Waals surface area contributed by atoms with E-state index in [0.717, 1.165) is 0 Å². The summed E-state index contributed by atoms with van der Waals surface area (Å²) in [6.07, 6.45) is 0.457. The Morgan fingerprint density at radius 2 is 2.11 bits per heavy atom. The van der Waals surface area contributed by atoms with Gasteiger partial charge in [0.05, 0.1) is 12.3 Å². The van der Waals surface area contributed by atoms with Crippen molar-refractivity contribution in [2.45, 2.75) is 25.3 Å². The number of hydrogen-bond acceptors (Lipinski definition) is 5. The van der Waals surface area contributed by atoms with Crippen molar-refractivity contribution in [3.63, 3.8) is 0 Å². The number of nitrogens with zero attached hydrogens (tertiary/aromatic N) is 3. The van der Waals surface area contributed by atoms with Crippen molar-refractivity contribution in [1.29, 1.82) is 0 Å². The third-order valence-electron chi connectivity index (χ3n) is 2.38. The van der Waals surface area contributed by atoms with Crippen molar-refractivity contribution >= 4 is 15.7 Å². The maximum Gasteiger partial charge on any atom is 0.257 e. The zero-order valence-corrected chi connectivity index (χ0v) is 10.9. The Balaban J connectivity index is 2.75. The molecular weight excluding hydrogens is 256 g/mol. The number of hydrogen-bond donors (Lipinski definition) is 1. The molecule has 0 spiro atoms. The highest BCUT2D eigenvalue weighted by atomic mass is 32.2. The van der Waals surface area contributed by atoms with Crippen molar-refractivity contribution in [2.24, 2.45) is 5.14 Å². The molecular formula is C10H14N4O3S. The molecule has 0 saturated heterocycles. The molecule has 2 heterocycles. The van der Waals surface area contributed by atoms with E-state index in [1.54, 1.807) is 19.1 Å². The van der Waals surface area contributed by atoms with Gasteiger partial charge in [0, 0.05) is 6.07 Å². The summed E-state index contributed by atoms with van der Waals surface area (Å²) in [6.45, 7) is 4.07. The van der Waals surface area contributed by atoms with Gasteiger partial charge in [-0.1, -0.05) is 6.92 Å². The van der Waals surface area contributed by atoms with Gasteiger partial charge >= 0.3 is 0 Å². The number of primary sulfonamides is 1. The van der Waals surface area contributed by atoms with Crippen LogP contribution < -0.4 is 9.88 Å². The average molecular weight is 270 g/mol. The fourth-order valence-corrected chi connectivity index (χ4v) is 2.58. The van der Waals surface area contributed by atoms with E-state index in [-0.39, 0.29) is 5.03 Å². The van der Waals surface area contributed by atoms with Crippen LogP contribution >= 0.6 is 0 Å². The minimum absolute atomic E-state index is 0.0819. The molecule has 0 bridgehead atoms. The first kappa shape index (κ1) is 12.8. The maximum atomic E-state index is 11.6. The second kappa shape index (κ2) is 4.54. The standard InChI is InChI=1S/C10H14N4O3S/c1-3-7-10(18(11,15)16)14-8(12-7)5-6-9(13-14)17-4-2/h5-6H,3-4H2,1-2H3,(H2,11,15,16). The van der Waals surface area contributed by atoms with Gasteiger partial charge < -0.3 is 4.74 Å². The van der Waals surface area contributed by atoms with Gasteiger partial charge in [-0.15, -0.1) is 5.10 Å². The van der Waals surface area contributed by atoms with Gasteiger partial charge in [-0.2, -0.15) is 4.52 Å². The molecule has 0 fully saturated rings. The quantitative estimate of drug-likeness (QED) is 0.863. The molecule has 18 heavy (non-hydrogen) atoms. The van der Waals surface area contributed by atoms with Crippen molar-refractivity contribution in [3.05, 3.63) is 17.8 Å². The van der Waals surface area contributed by atoms with Crippen LogP contribution in [0.25, 0.3) is 5.65 Å². The second-order valence-corrected chi connectivity index (χ2v) is 5.11. The summed E-state index contributed by atoms with van der Waals surface area (Å²) < 4.78 is 29.6. The van der Waals surface area contributed by atoms with Gasteiger partial charge in [0.1, 0.15) is 0 Å². The van der Waals surface area contributed by atoms with Crippen molar-refractivity contribution in [3.8, 4) is 5.88 Å². The summed E-state index contributed by atoms with van der Waals surface area (Å²) in [6, 6.07) is 3.28. The van der Waals surface area contributed by atoms with E-state index in [9.17, 15) is 8.42 Å². The minimum atomic E-state index is -3.88. The average Bonchev–Trinajstić information content (AvgIpc) is 2.66. The van der Waals surface area contributed by atoms with Crippen molar-refractivity contribution in [1.82, 2.24) is 14.6 Å². The van der Waals surface area contributed by atoms with Gasteiger partial charge in [0.15, 0.2) is 10.7 Å². The number of aryl methyl sites for hydroxylation is 1. The van der Waals surface area contributed by atoms with E-state index < -0.39 is 10.0 Å². The summed E-state index contributed by atoms with van der Waals surface area (Å²) >= 11 is 0. The van der Waals surface area contributed by atoms with Crippen LogP contribution in [0.5, 0.6) is 5.88 Å². The summed E-state index contributed by atoms with van der Waals surface area (Å²) in [5, 5.41) is 9.19. The topological polar surface area (TPSA) is 99.6 Å². The molecule has 0 amide bonds. The van der Waals surface area contributed by atoms with Gasteiger partial charge in [0.2, 0.25) is 5.88 Å². The molecule has 0 radical (unpaired) electrons. The molecule has 2 rings (SSSR count). The highest BCUT2D eigenvalue weighted by Gasteiger charge is 2.22. The molecule has 0 atom stereocenters. The third-order valence-corrected chi connectivity index (χ3v) is 3.32. The van der Waals surface area contributed by atoms with Crippen LogP contribution in [-0.2, 0) is 16.4 Å². The molecule has 0 aliphatic rings. The van der Waals surface area contributed by atoms with E-state index in [1.165, 1.54) is 4.52 Å². The lowest BCUT2D eigenvalue weighted by Gasteiger charge is -2.03. The van der Waals surface area contributed by atoms with Crippen LogP contribution in [0, 0.1) is 0 Å². The van der Waals surface area contributed by atoms with Crippen molar-refractivity contribution < 1.29 is 13.2 Å². The molecule has 0 unspecified atom stereocenters. The Bertz CT molecular complexity index is 678. The Morgan fingerprint density at radius 1 is 1.39 bits per heavy atom. The van der Waals surface area contributed by atoms with Crippen LogP contribution in [-0.4, -0.2) is 29.6 Å². The smallest absolute Gasteiger partial charge is 0.257 e. The highest BCUT2D eigenvalue weighted by Crippen LogP contribution is 2.18. The summed E-state index contributed by atoms with van der Waals surface area (Å²) in [7, 11) is -3.88. The number of fused-ring (bicyclic) bond motifs is 1. The molecule has 7 nitrogen and oxygen atoms in total. The number of sulfonamides is 1. The first-order chi connectivity index (χ1) is 8.47. The van der Waals surface area contributed by atoms with Crippen LogP contribution in [0.15, 0.2) is 17.2 Å². The predicted molar refractivity (Wildman–Crippen MR) is 64.9 cm³/mol. The SMILES string of the molecule is CCOc1ccc2nc(CC)c(S(N)(=O)=O)n2n1. The lowest BCUT2D eigenvalue weighted by molar-refractivity contribution is 0.320. The largest absolute Gasteiger partial charge is 0.477 e. The van der Waals surface area contributed by atoms with Gasteiger partial charge in [0.25, 0.3) is 10.0 Å². The first-order valence-corrected chi connectivity index (χ1v) is 7.06. The fraction of sp³-hybridized carbons (Fsp3) is 0.400. The molecule has 98 valence electrons. The maximum absolute atomic E-state index is 11.6. The molecule has 8 heteroatoms. The van der Waals surface area contributed by atoms with Gasteiger partial charge in [-0.25, -0.2) is 18.5 Å². The van der Waals surface area contributed by atoms with E-state index in [2.05, 4.69) is 10.1 Å². The Hall–Kier alpha value is -1.67. The number of aromatic nitrogens is 3. The van der Waals surface area contributed by atoms with E-state index >= 15 is 0 Å². The van der Waals surface area contributed by atoms with E-state index in [1.807, 2.05) is 6.92 Å². The summed E-state index contributed by atoms with van der Waals surface area (Å²) in [5.41, 5.74) is 0.831. The molecule has 2 aromatic heterocycles. The Labute approximate surface area is 105 Å². The predicted octanol–water partition coefficient (Wildman–Crippen LogP) is 0.338. The fourth-order valence-electron chi connectivity index (χ4n) is 1.68. The molecule has 0 saturated carbocycles. The monoisotopic (exact) mass is 270 g/mol.